The van der Waals surface area contributed by atoms with Gasteiger partial charge in [0.15, 0.2) is 0 Å². The summed E-state index contributed by atoms with van der Waals surface area (Å²) >= 11 is 3.25. The Balaban J connectivity index is 0.000000630. The molecule has 6 aromatic carbocycles. The van der Waals surface area contributed by atoms with Crippen LogP contribution in [0.15, 0.2) is 138 Å². The molecule has 4 atom stereocenters. The van der Waals surface area contributed by atoms with Crippen molar-refractivity contribution in [3.63, 3.8) is 0 Å². The number of nitrogens with two attached hydrogens (primary N) is 1. The number of rotatable bonds is 23. The number of carbonyl (C=O) groups is 3. The van der Waals surface area contributed by atoms with Crippen LogP contribution in [0.25, 0.3) is 0 Å². The number of methoxy groups -OCH3 is 1. The predicted molar refractivity (Wildman–Crippen MR) is 398 cm³/mol. The standard InChI is InChI=1S/C25H34F2N2O2.C15H19F2NO3.C13H21N.C13H20O.C8H7BrO2.C4H11BO2.ClH/c1-16(2)9-18-7-6-8-20(10-18)25(4,5)28-15-24(31)23(29-17(3)30)13-19-11-21(26)14-22(27)12-19;1-15(2,3)21-14(19)18-12(13-8-20-13)6-9-4-10(16)7-11(17)5-9;2*1-10(2)8-11-6-5-7-12(9-11)13(3,4)14;1-11-8(10)6-3-2-4-7(9)5-6;1-4(2)3-5(6)7;/h6-8,10-12,14,16,23-24,28,31H,9,13,15H2,1-5H3,(H,29,30);4-5,7,12-13H,6,8H2,1-3H3,(H,18,19);5-7,9-10H,8,14H2,1-4H3;5-7,9-10,14H,8H2,1-4H3;2-5H,1H3;4,6-7H,3H2,1-2H3;1H/t23-,24+;12-,13+;;;;;/m00...../s1. The van der Waals surface area contributed by atoms with Crippen LogP contribution < -0.4 is 21.7 Å². The minimum absolute atomic E-state index is 0. The Bertz CT molecular complexity index is 3260. The average Bonchev–Trinajstić information content (AvgIpc) is 1.74. The number of nitrogens with one attached hydrogen (secondary N) is 3. The van der Waals surface area contributed by atoms with E-state index in [1.807, 2.05) is 85.7 Å². The largest absolute Gasteiger partial charge is 0.465 e. The van der Waals surface area contributed by atoms with E-state index in [4.69, 9.17) is 25.3 Å². The van der Waals surface area contributed by atoms with E-state index >= 15 is 0 Å². The van der Waals surface area contributed by atoms with Crippen LogP contribution in [0.5, 0.6) is 0 Å². The van der Waals surface area contributed by atoms with Gasteiger partial charge in [-0.15, -0.1) is 12.4 Å². The van der Waals surface area contributed by atoms with Gasteiger partial charge in [0.25, 0.3) is 0 Å². The average molecular weight is 1470 g/mol. The molecule has 14 nitrogen and oxygen atoms in total. The second-order valence-corrected chi connectivity index (χ2v) is 30.2. The summed E-state index contributed by atoms with van der Waals surface area (Å²) in [6, 6.07) is 37.7. The number of alkyl carbamates (subject to hydrolysis) is 1. The van der Waals surface area contributed by atoms with E-state index in [1.54, 1.807) is 39.0 Å². The number of amides is 2. The fraction of sp³-hybridized carbons (Fsp3) is 0.500. The van der Waals surface area contributed by atoms with Crippen LogP contribution in [0.4, 0.5) is 22.4 Å². The van der Waals surface area contributed by atoms with Crippen LogP contribution in [-0.4, -0.2) is 95.5 Å². The Morgan fingerprint density at radius 1 is 0.606 bits per heavy atom. The van der Waals surface area contributed by atoms with Gasteiger partial charge in [0, 0.05) is 41.2 Å². The topological polar surface area (TPSA) is 225 Å². The van der Waals surface area contributed by atoms with Gasteiger partial charge in [-0.05, 0) is 211 Å². The number of hydrogen-bond donors (Lipinski definition) is 8. The van der Waals surface area contributed by atoms with Gasteiger partial charge in [-0.1, -0.05) is 150 Å². The fourth-order valence-electron chi connectivity index (χ4n) is 9.97. The molecule has 21 heteroatoms. The van der Waals surface area contributed by atoms with Gasteiger partial charge in [-0.3, -0.25) is 4.79 Å². The highest BCUT2D eigenvalue weighted by Crippen LogP contribution is 2.26. The molecule has 0 aromatic heterocycles. The molecule has 99 heavy (non-hydrogen) atoms. The molecule has 0 aliphatic carbocycles. The van der Waals surface area contributed by atoms with E-state index in [0.29, 0.717) is 53.3 Å². The van der Waals surface area contributed by atoms with E-state index in [0.717, 1.165) is 47.0 Å². The van der Waals surface area contributed by atoms with E-state index in [-0.39, 0.29) is 61.4 Å². The van der Waals surface area contributed by atoms with Crippen molar-refractivity contribution < 1.29 is 66.4 Å². The summed E-state index contributed by atoms with van der Waals surface area (Å²) in [5.41, 5.74) is 12.7. The number of ether oxygens (including phenoxy) is 3. The summed E-state index contributed by atoms with van der Waals surface area (Å²) < 4.78 is 69.2. The number of carbonyl (C=O) groups excluding carboxylic acids is 3. The highest BCUT2D eigenvalue weighted by molar-refractivity contribution is 9.10. The molecule has 9 N–H and O–H groups in total. The zero-order valence-electron chi connectivity index (χ0n) is 61.7. The Hall–Kier alpha value is -6.20. The molecule has 6 aromatic rings. The van der Waals surface area contributed by atoms with Gasteiger partial charge in [-0.25, -0.2) is 27.2 Å². The number of halogens is 6. The first-order valence-electron chi connectivity index (χ1n) is 33.5. The number of hydrogen-bond acceptors (Lipinski definition) is 12. The van der Waals surface area contributed by atoms with Crippen LogP contribution >= 0.6 is 28.3 Å². The maximum atomic E-state index is 13.5. The maximum absolute atomic E-state index is 13.5. The van der Waals surface area contributed by atoms with Crippen LogP contribution in [-0.2, 0) is 67.8 Å². The van der Waals surface area contributed by atoms with Gasteiger partial charge in [0.05, 0.1) is 43.1 Å². The van der Waals surface area contributed by atoms with Crippen LogP contribution in [0, 0.1) is 46.9 Å². The van der Waals surface area contributed by atoms with Crippen molar-refractivity contribution in [2.45, 2.75) is 210 Å². The zero-order chi connectivity index (χ0) is 74.5. The Labute approximate surface area is 603 Å². The van der Waals surface area contributed by atoms with E-state index in [9.17, 15) is 42.2 Å². The molecule has 7 rings (SSSR count). The summed E-state index contributed by atoms with van der Waals surface area (Å²) in [7, 11) is 0.239. The first kappa shape index (κ1) is 90.8. The number of epoxide rings is 1. The van der Waals surface area contributed by atoms with Crippen molar-refractivity contribution in [2.75, 3.05) is 20.3 Å². The predicted octanol–water partition coefficient (Wildman–Crippen LogP) is 15.9. The molecule has 0 radical (unpaired) electrons. The summed E-state index contributed by atoms with van der Waals surface area (Å²) in [4.78, 5) is 34.4. The first-order valence-corrected chi connectivity index (χ1v) is 34.3. The van der Waals surface area contributed by atoms with Crippen LogP contribution in [0.2, 0.25) is 6.32 Å². The highest BCUT2D eigenvalue weighted by Gasteiger charge is 2.35. The summed E-state index contributed by atoms with van der Waals surface area (Å²) in [5.74, 6) is -1.00. The van der Waals surface area contributed by atoms with Gasteiger partial charge in [-0.2, -0.15) is 0 Å². The van der Waals surface area contributed by atoms with E-state index < -0.39 is 65.4 Å². The lowest BCUT2D eigenvalue weighted by Crippen LogP contribution is -2.51. The summed E-state index contributed by atoms with van der Waals surface area (Å²) in [5, 5.41) is 45.9. The van der Waals surface area contributed by atoms with E-state index in [1.165, 1.54) is 60.6 Å². The fourth-order valence-corrected chi connectivity index (χ4v) is 10.4. The molecular weight excluding hydrogens is 1360 g/mol. The van der Waals surface area contributed by atoms with Crippen molar-refractivity contribution in [2.24, 2.45) is 29.4 Å². The third kappa shape index (κ3) is 40.1. The normalized spacial score (nSPS) is 13.5. The number of aliphatic hydroxyl groups is 2. The minimum Gasteiger partial charge on any atom is -0.465 e. The molecule has 1 heterocycles. The third-order valence-corrected chi connectivity index (χ3v) is 15.2. The molecule has 1 fully saturated rings. The third-order valence-electron chi connectivity index (χ3n) is 14.7. The molecule has 2 amide bonds. The van der Waals surface area contributed by atoms with Crippen molar-refractivity contribution in [3.05, 3.63) is 211 Å². The second kappa shape index (κ2) is 43.6. The van der Waals surface area contributed by atoms with E-state index in [2.05, 4.69) is 127 Å². The molecule has 1 aliphatic rings. The lowest BCUT2D eigenvalue weighted by Gasteiger charge is -2.31. The number of benzene rings is 6. The van der Waals surface area contributed by atoms with Crippen molar-refractivity contribution in [3.8, 4) is 0 Å². The van der Waals surface area contributed by atoms with Crippen molar-refractivity contribution in [1.29, 1.82) is 0 Å². The lowest BCUT2D eigenvalue weighted by molar-refractivity contribution is -0.120. The molecular formula is C78H113BBrClF4N4O10. The van der Waals surface area contributed by atoms with Crippen molar-refractivity contribution >= 4 is 53.4 Å². The molecule has 550 valence electrons. The quantitative estimate of drug-likeness (QED) is 0.0130. The Morgan fingerprint density at radius 3 is 1.40 bits per heavy atom. The van der Waals surface area contributed by atoms with Gasteiger partial charge >= 0.3 is 19.2 Å². The molecule has 0 spiro atoms. The molecule has 1 saturated heterocycles. The number of aliphatic hydroxyl groups excluding tert-OH is 1. The maximum Gasteiger partial charge on any atom is 0.451 e. The van der Waals surface area contributed by atoms with Gasteiger partial charge in [0.2, 0.25) is 5.91 Å². The summed E-state index contributed by atoms with van der Waals surface area (Å²) in [6.45, 7) is 36.3. The summed E-state index contributed by atoms with van der Waals surface area (Å²) in [6.07, 6.45) is 2.38. The monoisotopic (exact) mass is 1470 g/mol. The van der Waals surface area contributed by atoms with Crippen molar-refractivity contribution in [1.82, 2.24) is 16.0 Å². The molecule has 1 aliphatic heterocycles. The molecule has 0 saturated carbocycles. The first-order chi connectivity index (χ1) is 45.3. The number of esters is 1. The highest BCUT2D eigenvalue weighted by atomic mass is 79.9. The Kier molecular flexibility index (Phi) is 40.0. The molecule has 0 unspecified atom stereocenters. The second-order valence-electron chi connectivity index (χ2n) is 29.3. The Morgan fingerprint density at radius 2 is 1.03 bits per heavy atom. The van der Waals surface area contributed by atoms with Crippen LogP contribution in [0.3, 0.4) is 0 Å². The van der Waals surface area contributed by atoms with Crippen LogP contribution in [0.1, 0.15) is 179 Å². The van der Waals surface area contributed by atoms with Gasteiger partial charge < -0.3 is 56.2 Å². The molecule has 0 bridgehead atoms. The van der Waals surface area contributed by atoms with Gasteiger partial charge in [0.1, 0.15) is 35.0 Å². The lowest BCUT2D eigenvalue weighted by atomic mass is 9.80. The zero-order valence-corrected chi connectivity index (χ0v) is 64.1. The SMILES string of the molecule is CC(=O)N[C@@H](Cc1cc(F)cc(F)c1)[C@H](O)CNC(C)(C)c1cccc(CC(C)C)c1.CC(C)(C)OC(=O)N[C@@H](Cc1cc(F)cc(F)c1)[C@H]1CO1.CC(C)CB(O)O.CC(C)Cc1cccc(C(C)(C)N)c1.CC(C)Cc1cccc(C(C)(C)O)c1.COC(=O)c1cccc(Br)c1.Cl. The smallest absolute Gasteiger partial charge is 0.451 e. The minimum atomic E-state index is -1.13.